The monoisotopic (exact) mass is 229 g/mol. The Hall–Kier alpha value is -0.200. The van der Waals surface area contributed by atoms with Crippen molar-refractivity contribution in [3.8, 4) is 0 Å². The van der Waals surface area contributed by atoms with Crippen molar-refractivity contribution in [2.75, 3.05) is 7.05 Å². The molecule has 2 aliphatic heterocycles. The second-order valence-electron chi connectivity index (χ2n) is 5.44. The van der Waals surface area contributed by atoms with Crippen LogP contribution in [0.4, 0.5) is 0 Å². The first-order valence-electron chi connectivity index (χ1n) is 5.89. The molecule has 0 amide bonds. The summed E-state index contributed by atoms with van der Waals surface area (Å²) >= 11 is 0. The van der Waals surface area contributed by atoms with Crippen LogP contribution in [0.2, 0.25) is 0 Å². The summed E-state index contributed by atoms with van der Waals surface area (Å²) in [6, 6.07) is 0.189. The Bertz CT molecular complexity index is 294. The van der Waals surface area contributed by atoms with Crippen molar-refractivity contribution in [1.82, 2.24) is 5.06 Å². The number of aliphatic hydroxyl groups is 1. The average Bonchev–Trinajstić information content (AvgIpc) is 2.63. The van der Waals surface area contributed by atoms with E-state index in [4.69, 9.17) is 14.3 Å². The minimum Gasteiger partial charge on any atom is -0.390 e. The fraction of sp³-hybridized carbons (Fsp3) is 1.00. The lowest BCUT2D eigenvalue weighted by Crippen LogP contribution is -2.46. The molecule has 5 atom stereocenters. The standard InChI is InChI=1S/C11H19NO4/c1-11(2)14-9-7-4-6(16-12(7)3)5-8(13)10(9)15-11/h6-10,13H,4-5H2,1-3H3/t6-,7+,8-,9?,10?/m0/s1. The van der Waals surface area contributed by atoms with Gasteiger partial charge < -0.3 is 14.6 Å². The molecule has 2 bridgehead atoms. The van der Waals surface area contributed by atoms with E-state index in [0.29, 0.717) is 6.42 Å². The number of hydroxylamine groups is 2. The summed E-state index contributed by atoms with van der Waals surface area (Å²) in [5.74, 6) is -0.605. The van der Waals surface area contributed by atoms with Crippen molar-refractivity contribution in [2.24, 2.45) is 0 Å². The normalized spacial score (nSPS) is 51.4. The van der Waals surface area contributed by atoms with Crippen LogP contribution in [0.15, 0.2) is 0 Å². The zero-order chi connectivity index (χ0) is 11.5. The van der Waals surface area contributed by atoms with Gasteiger partial charge in [-0.25, -0.2) is 0 Å². The molecule has 0 aromatic heterocycles. The maximum Gasteiger partial charge on any atom is 0.163 e. The molecule has 5 nitrogen and oxygen atoms in total. The van der Waals surface area contributed by atoms with Crippen molar-refractivity contribution in [3.63, 3.8) is 0 Å². The maximum absolute atomic E-state index is 10.1. The molecule has 16 heavy (non-hydrogen) atoms. The molecule has 1 saturated carbocycles. The van der Waals surface area contributed by atoms with Crippen LogP contribution < -0.4 is 0 Å². The van der Waals surface area contributed by atoms with Crippen molar-refractivity contribution in [1.29, 1.82) is 0 Å². The van der Waals surface area contributed by atoms with E-state index in [1.165, 1.54) is 0 Å². The van der Waals surface area contributed by atoms with Gasteiger partial charge in [-0.1, -0.05) is 0 Å². The molecular formula is C11H19NO4. The molecule has 3 fully saturated rings. The third kappa shape index (κ3) is 1.58. The molecule has 1 N–H and O–H groups in total. The number of aliphatic hydroxyl groups excluding tert-OH is 1. The van der Waals surface area contributed by atoms with E-state index in [-0.39, 0.29) is 24.4 Å². The first kappa shape index (κ1) is 10.9. The highest BCUT2D eigenvalue weighted by Gasteiger charge is 2.54. The Kier molecular flexibility index (Phi) is 2.32. The minimum absolute atomic E-state index is 0.0949. The van der Waals surface area contributed by atoms with Crippen molar-refractivity contribution in [3.05, 3.63) is 0 Å². The van der Waals surface area contributed by atoms with Gasteiger partial charge in [-0.3, -0.25) is 4.84 Å². The zero-order valence-electron chi connectivity index (χ0n) is 9.92. The van der Waals surface area contributed by atoms with E-state index in [1.807, 2.05) is 26.0 Å². The van der Waals surface area contributed by atoms with Gasteiger partial charge in [0, 0.05) is 13.5 Å². The number of fused-ring (bicyclic) bond motifs is 4. The number of hydrogen-bond donors (Lipinski definition) is 1. The maximum atomic E-state index is 10.1. The number of nitrogens with zero attached hydrogens (tertiary/aromatic N) is 1. The highest BCUT2D eigenvalue weighted by molar-refractivity contribution is 5.00. The minimum atomic E-state index is -0.605. The van der Waals surface area contributed by atoms with E-state index >= 15 is 0 Å². The quantitative estimate of drug-likeness (QED) is 0.646. The van der Waals surface area contributed by atoms with Crippen molar-refractivity contribution >= 4 is 0 Å². The van der Waals surface area contributed by atoms with E-state index < -0.39 is 11.9 Å². The smallest absolute Gasteiger partial charge is 0.163 e. The van der Waals surface area contributed by atoms with Gasteiger partial charge in [0.05, 0.1) is 18.2 Å². The van der Waals surface area contributed by atoms with Crippen LogP contribution in [0.5, 0.6) is 0 Å². The number of rotatable bonds is 0. The lowest BCUT2D eigenvalue weighted by atomic mass is 10.0. The fourth-order valence-electron chi connectivity index (χ4n) is 3.07. The van der Waals surface area contributed by atoms with Gasteiger partial charge >= 0.3 is 0 Å². The first-order chi connectivity index (χ1) is 7.46. The van der Waals surface area contributed by atoms with Crippen LogP contribution in [-0.2, 0) is 14.3 Å². The average molecular weight is 229 g/mol. The van der Waals surface area contributed by atoms with Gasteiger partial charge in [-0.05, 0) is 20.3 Å². The summed E-state index contributed by atoms with van der Waals surface area (Å²) in [7, 11) is 1.92. The predicted molar refractivity (Wildman–Crippen MR) is 55.5 cm³/mol. The molecule has 2 saturated heterocycles. The number of hydrogen-bond acceptors (Lipinski definition) is 5. The molecular weight excluding hydrogens is 210 g/mol. The molecule has 92 valence electrons. The number of ether oxygens (including phenoxy) is 2. The van der Waals surface area contributed by atoms with Crippen LogP contribution >= 0.6 is 0 Å². The Morgan fingerprint density at radius 1 is 1.19 bits per heavy atom. The van der Waals surface area contributed by atoms with Crippen LogP contribution in [0.25, 0.3) is 0 Å². The van der Waals surface area contributed by atoms with E-state index in [0.717, 1.165) is 6.42 Å². The highest BCUT2D eigenvalue weighted by Crippen LogP contribution is 2.41. The number of likely N-dealkylation sites (N-methyl/N-ethyl adjacent to an activating group) is 1. The molecule has 1 aliphatic carbocycles. The van der Waals surface area contributed by atoms with Crippen LogP contribution in [-0.4, -0.2) is 53.5 Å². The van der Waals surface area contributed by atoms with E-state index in [9.17, 15) is 5.11 Å². The van der Waals surface area contributed by atoms with Crippen molar-refractivity contribution < 1.29 is 19.4 Å². The second kappa shape index (κ2) is 3.40. The predicted octanol–water partition coefficient (Wildman–Crippen LogP) is 0.275. The summed E-state index contributed by atoms with van der Waals surface area (Å²) in [5.41, 5.74) is 0. The Morgan fingerprint density at radius 2 is 1.88 bits per heavy atom. The lowest BCUT2D eigenvalue weighted by molar-refractivity contribution is -0.183. The summed E-state index contributed by atoms with van der Waals surface area (Å²) in [5, 5.41) is 12.0. The zero-order valence-corrected chi connectivity index (χ0v) is 9.92. The summed E-state index contributed by atoms with van der Waals surface area (Å²) < 4.78 is 11.7. The fourth-order valence-corrected chi connectivity index (χ4v) is 3.07. The van der Waals surface area contributed by atoms with Crippen LogP contribution in [0.3, 0.4) is 0 Å². The largest absolute Gasteiger partial charge is 0.390 e. The van der Waals surface area contributed by atoms with Crippen LogP contribution in [0.1, 0.15) is 26.7 Å². The second-order valence-corrected chi connectivity index (χ2v) is 5.44. The van der Waals surface area contributed by atoms with Gasteiger partial charge in [0.1, 0.15) is 12.2 Å². The molecule has 3 rings (SSSR count). The van der Waals surface area contributed by atoms with E-state index in [2.05, 4.69) is 0 Å². The first-order valence-corrected chi connectivity index (χ1v) is 5.89. The molecule has 3 aliphatic rings. The molecule has 0 aromatic carbocycles. The lowest BCUT2D eigenvalue weighted by Gasteiger charge is -2.29. The third-order valence-electron chi connectivity index (χ3n) is 3.71. The topological polar surface area (TPSA) is 51.2 Å². The van der Waals surface area contributed by atoms with Crippen LogP contribution in [0, 0.1) is 0 Å². The summed E-state index contributed by atoms with van der Waals surface area (Å²) in [6.45, 7) is 3.78. The van der Waals surface area contributed by atoms with Gasteiger partial charge in [-0.2, -0.15) is 5.06 Å². The third-order valence-corrected chi connectivity index (χ3v) is 3.71. The van der Waals surface area contributed by atoms with Gasteiger partial charge in [-0.15, -0.1) is 0 Å². The van der Waals surface area contributed by atoms with Gasteiger partial charge in [0.25, 0.3) is 0 Å². The molecule has 0 radical (unpaired) electrons. The molecule has 2 heterocycles. The Balaban J connectivity index is 1.89. The SMILES string of the molecule is CN1O[C@H]2C[C@@H]1C1OC(C)(C)OC1[C@@H](O)C2. The summed E-state index contributed by atoms with van der Waals surface area (Å²) in [4.78, 5) is 5.65. The van der Waals surface area contributed by atoms with Crippen molar-refractivity contribution in [2.45, 2.75) is 62.9 Å². The van der Waals surface area contributed by atoms with Gasteiger partial charge in [0.15, 0.2) is 5.79 Å². The Labute approximate surface area is 95.2 Å². The Morgan fingerprint density at radius 3 is 2.62 bits per heavy atom. The van der Waals surface area contributed by atoms with E-state index in [1.54, 1.807) is 0 Å². The van der Waals surface area contributed by atoms with Gasteiger partial charge in [0.2, 0.25) is 0 Å². The molecule has 0 spiro atoms. The molecule has 2 unspecified atom stereocenters. The molecule has 0 aromatic rings. The molecule has 5 heteroatoms. The summed E-state index contributed by atoms with van der Waals surface area (Å²) in [6.07, 6.45) is 0.829. The highest BCUT2D eigenvalue weighted by atomic mass is 16.8.